The maximum Gasteiger partial charge on any atom is 0.228 e. The third kappa shape index (κ3) is 3.48. The van der Waals surface area contributed by atoms with Gasteiger partial charge < -0.3 is 15.4 Å². The molecule has 1 amide bonds. The summed E-state index contributed by atoms with van der Waals surface area (Å²) in [4.78, 5) is 28.0. The fourth-order valence-electron chi connectivity index (χ4n) is 2.64. The summed E-state index contributed by atoms with van der Waals surface area (Å²) < 4.78 is 5.72. The minimum absolute atomic E-state index is 0.0764. The van der Waals surface area contributed by atoms with Crippen LogP contribution in [0.5, 0.6) is 0 Å². The molecule has 1 aliphatic rings. The number of carbonyl (C=O) groups is 1. The van der Waals surface area contributed by atoms with Gasteiger partial charge in [-0.05, 0) is 13.8 Å². The first-order valence-corrected chi connectivity index (χ1v) is 8.25. The monoisotopic (exact) mass is 333 g/mol. The van der Waals surface area contributed by atoms with Gasteiger partial charge in [0, 0.05) is 23.8 Å². The Kier molecular flexibility index (Phi) is 4.53. The van der Waals surface area contributed by atoms with E-state index in [2.05, 4.69) is 15.0 Å². The van der Waals surface area contributed by atoms with Crippen molar-refractivity contribution < 1.29 is 9.53 Å². The van der Waals surface area contributed by atoms with E-state index in [-0.39, 0.29) is 12.0 Å². The first kappa shape index (κ1) is 15.8. The largest absolute Gasteiger partial charge is 0.382 e. The molecule has 0 aliphatic carbocycles. The summed E-state index contributed by atoms with van der Waals surface area (Å²) in [5.74, 6) is 0.424. The number of aryl methyl sites for hydroxylation is 2. The van der Waals surface area contributed by atoms with Gasteiger partial charge in [0.15, 0.2) is 0 Å². The van der Waals surface area contributed by atoms with Crippen LogP contribution in [0, 0.1) is 13.8 Å². The zero-order valence-electron chi connectivity index (χ0n) is 13.2. The van der Waals surface area contributed by atoms with Crippen molar-refractivity contribution in [1.29, 1.82) is 0 Å². The van der Waals surface area contributed by atoms with E-state index >= 15 is 0 Å². The number of amides is 1. The van der Waals surface area contributed by atoms with Crippen LogP contribution in [0.2, 0.25) is 0 Å². The molecule has 122 valence electrons. The highest BCUT2D eigenvalue weighted by molar-refractivity contribution is 7.11. The Labute approximate surface area is 138 Å². The number of morpholine rings is 1. The summed E-state index contributed by atoms with van der Waals surface area (Å²) in [6.07, 6.45) is 3.17. The van der Waals surface area contributed by atoms with Gasteiger partial charge in [0.05, 0.1) is 30.3 Å². The molecular formula is C15H19N5O2S. The maximum atomic E-state index is 12.6. The molecular weight excluding hydrogens is 314 g/mol. The van der Waals surface area contributed by atoms with Crippen LogP contribution in [0.25, 0.3) is 0 Å². The van der Waals surface area contributed by atoms with Crippen molar-refractivity contribution in [1.82, 2.24) is 19.9 Å². The highest BCUT2D eigenvalue weighted by Crippen LogP contribution is 2.25. The van der Waals surface area contributed by atoms with E-state index in [0.717, 1.165) is 15.6 Å². The average Bonchev–Trinajstić information content (AvgIpc) is 2.85. The fourth-order valence-corrected chi connectivity index (χ4v) is 3.56. The zero-order chi connectivity index (χ0) is 16.4. The lowest BCUT2D eigenvalue weighted by molar-refractivity contribution is -0.138. The Balaban J connectivity index is 1.70. The lowest BCUT2D eigenvalue weighted by Crippen LogP contribution is -2.43. The topological polar surface area (TPSA) is 94.2 Å². The molecule has 2 aromatic heterocycles. The number of thiazole rings is 1. The summed E-state index contributed by atoms with van der Waals surface area (Å²) in [5.41, 5.74) is 7.38. The molecule has 7 nitrogen and oxygen atoms in total. The molecule has 8 heteroatoms. The minimum atomic E-state index is -0.328. The Bertz CT molecular complexity index is 718. The van der Waals surface area contributed by atoms with Crippen LogP contribution < -0.4 is 5.73 Å². The Morgan fingerprint density at radius 2 is 2.22 bits per heavy atom. The predicted octanol–water partition coefficient (Wildman–Crippen LogP) is 1.27. The molecule has 0 saturated carbocycles. The number of anilines is 1. The lowest BCUT2D eigenvalue weighted by Gasteiger charge is -2.32. The van der Waals surface area contributed by atoms with Crippen LogP contribution in [0.3, 0.4) is 0 Å². The number of nitrogens with two attached hydrogens (primary N) is 1. The summed E-state index contributed by atoms with van der Waals surface area (Å²) >= 11 is 1.57. The van der Waals surface area contributed by atoms with Gasteiger partial charge in [0.25, 0.3) is 0 Å². The van der Waals surface area contributed by atoms with E-state index in [4.69, 9.17) is 10.5 Å². The van der Waals surface area contributed by atoms with E-state index in [1.165, 1.54) is 0 Å². The van der Waals surface area contributed by atoms with E-state index in [1.54, 1.807) is 28.6 Å². The Hall–Kier alpha value is -2.06. The molecule has 0 unspecified atom stereocenters. The van der Waals surface area contributed by atoms with Gasteiger partial charge >= 0.3 is 0 Å². The van der Waals surface area contributed by atoms with Crippen molar-refractivity contribution in [3.8, 4) is 0 Å². The van der Waals surface area contributed by atoms with Crippen molar-refractivity contribution in [3.63, 3.8) is 0 Å². The number of rotatable bonds is 3. The zero-order valence-corrected chi connectivity index (χ0v) is 14.0. The molecule has 2 N–H and O–H groups in total. The molecule has 1 aliphatic heterocycles. The molecule has 0 bridgehead atoms. The number of aromatic nitrogens is 3. The van der Waals surface area contributed by atoms with Crippen molar-refractivity contribution in [2.24, 2.45) is 0 Å². The number of ether oxygens (including phenoxy) is 1. The minimum Gasteiger partial charge on any atom is -0.382 e. The van der Waals surface area contributed by atoms with Crippen molar-refractivity contribution in [2.45, 2.75) is 26.4 Å². The standard InChI is InChI=1S/C15H19N5O2S/c1-9-12(23-10(2)19-9)7-13(21)20-5-6-22-11(8-20)14-15(16)18-4-3-17-14/h3-4,11H,5-8H2,1-2H3,(H2,16,18)/t11-/m0/s1. The SMILES string of the molecule is Cc1nc(C)c(CC(=O)N2CCO[C@H](c3nccnc3N)C2)s1. The summed E-state index contributed by atoms with van der Waals surface area (Å²) in [6, 6.07) is 0. The second-order valence-corrected chi connectivity index (χ2v) is 6.73. The normalized spacial score (nSPS) is 18.2. The molecule has 3 rings (SSSR count). The van der Waals surface area contributed by atoms with Gasteiger partial charge in [-0.3, -0.25) is 9.78 Å². The van der Waals surface area contributed by atoms with Crippen LogP contribution in [0.4, 0.5) is 5.82 Å². The number of nitrogens with zero attached hydrogens (tertiary/aromatic N) is 4. The summed E-state index contributed by atoms with van der Waals surface area (Å²) in [5, 5.41) is 0.984. The Morgan fingerprint density at radius 3 is 2.91 bits per heavy atom. The number of carbonyl (C=O) groups excluding carboxylic acids is 1. The molecule has 0 aromatic carbocycles. The van der Waals surface area contributed by atoms with E-state index in [0.29, 0.717) is 37.6 Å². The van der Waals surface area contributed by atoms with Crippen LogP contribution in [0.15, 0.2) is 12.4 Å². The van der Waals surface area contributed by atoms with Crippen molar-refractivity contribution >= 4 is 23.1 Å². The molecule has 1 atom stereocenters. The second kappa shape index (κ2) is 6.59. The highest BCUT2D eigenvalue weighted by atomic mass is 32.1. The molecule has 0 radical (unpaired) electrons. The quantitative estimate of drug-likeness (QED) is 0.909. The lowest BCUT2D eigenvalue weighted by atomic mass is 10.1. The summed E-state index contributed by atoms with van der Waals surface area (Å²) in [6.45, 7) is 5.37. The van der Waals surface area contributed by atoms with Crippen LogP contribution in [-0.4, -0.2) is 45.5 Å². The fraction of sp³-hybridized carbons (Fsp3) is 0.467. The van der Waals surface area contributed by atoms with Crippen LogP contribution >= 0.6 is 11.3 Å². The van der Waals surface area contributed by atoms with Gasteiger partial charge in [-0.15, -0.1) is 11.3 Å². The highest BCUT2D eigenvalue weighted by Gasteiger charge is 2.28. The molecule has 2 aromatic rings. The summed E-state index contributed by atoms with van der Waals surface area (Å²) in [7, 11) is 0. The van der Waals surface area contributed by atoms with Gasteiger partial charge in [-0.2, -0.15) is 0 Å². The smallest absolute Gasteiger partial charge is 0.228 e. The number of hydrogen-bond acceptors (Lipinski definition) is 7. The number of nitrogen functional groups attached to an aromatic ring is 1. The first-order chi connectivity index (χ1) is 11.0. The Morgan fingerprint density at radius 1 is 1.43 bits per heavy atom. The van der Waals surface area contributed by atoms with Crippen LogP contribution in [-0.2, 0) is 16.0 Å². The van der Waals surface area contributed by atoms with Crippen LogP contribution in [0.1, 0.15) is 27.4 Å². The molecule has 3 heterocycles. The van der Waals surface area contributed by atoms with E-state index in [1.807, 2.05) is 13.8 Å². The first-order valence-electron chi connectivity index (χ1n) is 7.43. The van der Waals surface area contributed by atoms with Crippen molar-refractivity contribution in [3.05, 3.63) is 33.7 Å². The van der Waals surface area contributed by atoms with Gasteiger partial charge in [0.2, 0.25) is 5.91 Å². The molecule has 1 fully saturated rings. The van der Waals surface area contributed by atoms with E-state index in [9.17, 15) is 4.79 Å². The average molecular weight is 333 g/mol. The third-order valence-electron chi connectivity index (χ3n) is 3.79. The van der Waals surface area contributed by atoms with Crippen molar-refractivity contribution in [2.75, 3.05) is 25.4 Å². The van der Waals surface area contributed by atoms with Gasteiger partial charge in [-0.25, -0.2) is 9.97 Å². The molecule has 23 heavy (non-hydrogen) atoms. The molecule has 0 spiro atoms. The van der Waals surface area contributed by atoms with Gasteiger partial charge in [-0.1, -0.05) is 0 Å². The van der Waals surface area contributed by atoms with Gasteiger partial charge in [0.1, 0.15) is 17.6 Å². The van der Waals surface area contributed by atoms with E-state index < -0.39 is 0 Å². The second-order valence-electron chi connectivity index (χ2n) is 5.44. The number of hydrogen-bond donors (Lipinski definition) is 1. The predicted molar refractivity (Wildman–Crippen MR) is 87.0 cm³/mol. The third-order valence-corrected chi connectivity index (χ3v) is 4.86. The molecule has 1 saturated heterocycles. The maximum absolute atomic E-state index is 12.6.